The van der Waals surface area contributed by atoms with E-state index in [0.717, 1.165) is 12.1 Å². The Hall–Kier alpha value is -2.88. The zero-order valence-electron chi connectivity index (χ0n) is 14.2. The van der Waals surface area contributed by atoms with Crippen molar-refractivity contribution in [3.05, 3.63) is 68.4 Å². The van der Waals surface area contributed by atoms with Crippen molar-refractivity contribution < 1.29 is 18.4 Å². The van der Waals surface area contributed by atoms with Gasteiger partial charge in [-0.3, -0.25) is 4.68 Å². The summed E-state index contributed by atoms with van der Waals surface area (Å²) in [7, 11) is 1.67. The first kappa shape index (κ1) is 18.9. The molecule has 0 bridgehead atoms. The van der Waals surface area contributed by atoms with E-state index in [2.05, 4.69) is 26.0 Å². The summed E-state index contributed by atoms with van der Waals surface area (Å²) in [5.74, 6) is -2.22. The summed E-state index contributed by atoms with van der Waals surface area (Å²) in [6.07, 6.45) is 1.97. The molecule has 0 radical (unpaired) electrons. The molecule has 7 nitrogen and oxygen atoms in total. The number of hydrogen-bond donors (Lipinski definition) is 0. The molecule has 3 rings (SSSR count). The lowest BCUT2D eigenvalue weighted by Crippen LogP contribution is -2.09. The Bertz CT molecular complexity index is 1030. The Morgan fingerprint density at radius 2 is 2.07 bits per heavy atom. The van der Waals surface area contributed by atoms with Crippen LogP contribution in [0.4, 0.5) is 14.6 Å². The third-order valence-electron chi connectivity index (χ3n) is 3.77. The van der Waals surface area contributed by atoms with Crippen LogP contribution in [-0.4, -0.2) is 19.7 Å². The van der Waals surface area contributed by atoms with Crippen LogP contribution in [0.5, 0.6) is 5.75 Å². The van der Waals surface area contributed by atoms with Crippen molar-refractivity contribution in [3.8, 4) is 17.0 Å². The molecule has 2 heterocycles. The van der Waals surface area contributed by atoms with Crippen LogP contribution in [0.2, 0.25) is 0 Å². The molecule has 1 unspecified atom stereocenters. The highest BCUT2D eigenvalue weighted by molar-refractivity contribution is 9.10. The van der Waals surface area contributed by atoms with E-state index in [4.69, 9.17) is 4.74 Å². The second-order valence-electron chi connectivity index (χ2n) is 5.72. The van der Waals surface area contributed by atoms with Crippen LogP contribution in [0.25, 0.3) is 11.3 Å². The fourth-order valence-electron chi connectivity index (χ4n) is 2.62. The fourth-order valence-corrected chi connectivity index (χ4v) is 2.93. The average molecular weight is 439 g/mol. The van der Waals surface area contributed by atoms with Crippen molar-refractivity contribution in [1.29, 1.82) is 0 Å². The predicted octanol–water partition coefficient (Wildman–Crippen LogP) is 4.57. The van der Waals surface area contributed by atoms with Crippen LogP contribution in [0.1, 0.15) is 18.6 Å². The quantitative estimate of drug-likeness (QED) is 0.430. The van der Waals surface area contributed by atoms with Gasteiger partial charge < -0.3 is 14.9 Å². The average Bonchev–Trinajstić information content (AvgIpc) is 2.99. The maximum absolute atomic E-state index is 14.5. The zero-order valence-corrected chi connectivity index (χ0v) is 15.8. The molecule has 0 aliphatic rings. The second kappa shape index (κ2) is 7.39. The standard InChI is InChI=1S/C17H13BrF2N4O3/c1-9(27-15-5-10(18)8-21-17(15)24(25)26)12-6-11(19)7-13(20)16(12)14-3-4-23(2)22-14/h3-9H,1-2H3. The van der Waals surface area contributed by atoms with Crippen molar-refractivity contribution in [1.82, 2.24) is 14.8 Å². The number of aryl methyl sites for hydroxylation is 1. The first-order valence-electron chi connectivity index (χ1n) is 7.72. The number of halogens is 3. The van der Waals surface area contributed by atoms with Crippen molar-refractivity contribution >= 4 is 21.7 Å². The minimum atomic E-state index is -0.915. The number of nitro groups is 1. The molecule has 1 aromatic carbocycles. The third kappa shape index (κ3) is 3.95. The Morgan fingerprint density at radius 3 is 2.70 bits per heavy atom. The van der Waals surface area contributed by atoms with Crippen molar-refractivity contribution in [2.24, 2.45) is 7.05 Å². The van der Waals surface area contributed by atoms with Gasteiger partial charge in [0.05, 0.1) is 10.2 Å². The normalized spacial score (nSPS) is 12.0. The molecular weight excluding hydrogens is 426 g/mol. The maximum Gasteiger partial charge on any atom is 0.406 e. The molecule has 140 valence electrons. The summed E-state index contributed by atoms with van der Waals surface area (Å²) < 4.78 is 36.0. The summed E-state index contributed by atoms with van der Waals surface area (Å²) in [6.45, 7) is 1.53. The molecular formula is C17H13BrF2N4O3. The summed E-state index contributed by atoms with van der Waals surface area (Å²) >= 11 is 3.17. The van der Waals surface area contributed by atoms with E-state index >= 15 is 0 Å². The molecule has 0 saturated carbocycles. The minimum Gasteiger partial charge on any atom is -0.478 e. The Morgan fingerprint density at radius 1 is 1.33 bits per heavy atom. The lowest BCUT2D eigenvalue weighted by atomic mass is 9.99. The van der Waals surface area contributed by atoms with Gasteiger partial charge in [0.25, 0.3) is 0 Å². The van der Waals surface area contributed by atoms with Gasteiger partial charge in [-0.05, 0) is 44.9 Å². The lowest BCUT2D eigenvalue weighted by Gasteiger charge is -2.18. The second-order valence-corrected chi connectivity index (χ2v) is 6.63. The van der Waals surface area contributed by atoms with Crippen molar-refractivity contribution in [2.75, 3.05) is 0 Å². The molecule has 0 saturated heterocycles. The number of hydrogen-bond acceptors (Lipinski definition) is 5. The van der Waals surface area contributed by atoms with Crippen LogP contribution in [0, 0.1) is 21.7 Å². The summed E-state index contributed by atoms with van der Waals surface area (Å²) in [5.41, 5.74) is 0.526. The Labute approximate surface area is 160 Å². The van der Waals surface area contributed by atoms with Crippen LogP contribution in [0.15, 0.2) is 41.1 Å². The smallest absolute Gasteiger partial charge is 0.406 e. The predicted molar refractivity (Wildman–Crippen MR) is 96.2 cm³/mol. The van der Waals surface area contributed by atoms with E-state index in [1.807, 2.05) is 0 Å². The van der Waals surface area contributed by atoms with Gasteiger partial charge in [-0.1, -0.05) is 0 Å². The van der Waals surface area contributed by atoms with Crippen molar-refractivity contribution in [3.63, 3.8) is 0 Å². The number of ether oxygens (including phenoxy) is 1. The van der Waals surface area contributed by atoms with Gasteiger partial charge in [0.2, 0.25) is 5.75 Å². The maximum atomic E-state index is 14.5. The zero-order chi connectivity index (χ0) is 19.7. The van der Waals surface area contributed by atoms with Gasteiger partial charge >= 0.3 is 5.82 Å². The van der Waals surface area contributed by atoms with Crippen LogP contribution >= 0.6 is 15.9 Å². The highest BCUT2D eigenvalue weighted by Gasteiger charge is 2.24. The number of rotatable bonds is 5. The van der Waals surface area contributed by atoms with Gasteiger partial charge in [0, 0.05) is 36.5 Å². The number of benzene rings is 1. The topological polar surface area (TPSA) is 83.1 Å². The molecule has 0 amide bonds. The van der Waals surface area contributed by atoms with Crippen LogP contribution < -0.4 is 4.74 Å². The number of pyridine rings is 1. The molecule has 0 fully saturated rings. The molecule has 10 heteroatoms. The molecule has 2 aromatic heterocycles. The fraction of sp³-hybridized carbons (Fsp3) is 0.176. The van der Waals surface area contributed by atoms with E-state index in [9.17, 15) is 18.9 Å². The molecule has 0 spiro atoms. The number of aromatic nitrogens is 3. The largest absolute Gasteiger partial charge is 0.478 e. The highest BCUT2D eigenvalue weighted by Crippen LogP contribution is 2.36. The monoisotopic (exact) mass is 438 g/mol. The van der Waals surface area contributed by atoms with E-state index in [0.29, 0.717) is 10.2 Å². The first-order chi connectivity index (χ1) is 12.8. The van der Waals surface area contributed by atoms with E-state index in [1.165, 1.54) is 23.9 Å². The van der Waals surface area contributed by atoms with Crippen LogP contribution in [-0.2, 0) is 7.05 Å². The molecule has 0 N–H and O–H groups in total. The van der Waals surface area contributed by atoms with Gasteiger partial charge in [-0.2, -0.15) is 5.10 Å². The van der Waals surface area contributed by atoms with E-state index in [1.54, 1.807) is 19.3 Å². The first-order valence-corrected chi connectivity index (χ1v) is 8.51. The van der Waals surface area contributed by atoms with Gasteiger partial charge in [-0.15, -0.1) is 0 Å². The Kier molecular flexibility index (Phi) is 5.17. The highest BCUT2D eigenvalue weighted by atomic mass is 79.9. The van der Waals surface area contributed by atoms with Crippen molar-refractivity contribution in [2.45, 2.75) is 13.0 Å². The minimum absolute atomic E-state index is 0.0649. The third-order valence-corrected chi connectivity index (χ3v) is 4.20. The van der Waals surface area contributed by atoms with E-state index < -0.39 is 28.5 Å². The van der Waals surface area contributed by atoms with E-state index in [-0.39, 0.29) is 16.9 Å². The molecule has 27 heavy (non-hydrogen) atoms. The summed E-state index contributed by atoms with van der Waals surface area (Å²) in [6, 6.07) is 4.83. The van der Waals surface area contributed by atoms with Gasteiger partial charge in [0.15, 0.2) is 6.20 Å². The Balaban J connectivity index is 2.07. The molecule has 1 atom stereocenters. The van der Waals surface area contributed by atoms with Crippen LogP contribution in [0.3, 0.4) is 0 Å². The summed E-state index contributed by atoms with van der Waals surface area (Å²) in [4.78, 5) is 14.2. The molecule has 0 aliphatic carbocycles. The molecule has 0 aliphatic heterocycles. The van der Waals surface area contributed by atoms with Gasteiger partial charge in [0.1, 0.15) is 17.7 Å². The number of nitrogens with zero attached hydrogens (tertiary/aromatic N) is 4. The summed E-state index contributed by atoms with van der Waals surface area (Å²) in [5, 5.41) is 15.3. The van der Waals surface area contributed by atoms with Gasteiger partial charge in [-0.25, -0.2) is 8.78 Å². The SMILES string of the molecule is CC(Oc1cc(Br)cnc1[N+](=O)[O-])c1cc(F)cc(F)c1-c1ccn(C)n1. The molecule has 3 aromatic rings. The lowest BCUT2D eigenvalue weighted by molar-refractivity contribution is -0.390.